The maximum atomic E-state index is 12.7. The number of benzene rings is 1. The first-order chi connectivity index (χ1) is 15.8. The molecule has 8 nitrogen and oxygen atoms in total. The number of carbonyl (C=O) groups excluding carboxylic acids is 4. The van der Waals surface area contributed by atoms with Crippen molar-refractivity contribution in [1.82, 2.24) is 9.88 Å². The molecule has 1 aromatic heterocycles. The summed E-state index contributed by atoms with van der Waals surface area (Å²) in [5.74, 6) is -1.93. The molecule has 1 aliphatic carbocycles. The number of imide groups is 1. The number of anilines is 1. The van der Waals surface area contributed by atoms with Gasteiger partial charge < -0.3 is 10.1 Å². The van der Waals surface area contributed by atoms with Crippen LogP contribution in [-0.4, -0.2) is 39.6 Å². The van der Waals surface area contributed by atoms with Gasteiger partial charge in [0.25, 0.3) is 0 Å². The topological polar surface area (TPSA) is 106 Å². The molecule has 0 spiro atoms. The number of likely N-dealkylation sites (tertiary alicyclic amines) is 1. The number of ether oxygens (including phenoxy) is 1. The molecule has 174 valence electrons. The van der Waals surface area contributed by atoms with Gasteiger partial charge in [0.05, 0.1) is 24.0 Å². The van der Waals surface area contributed by atoms with Crippen molar-refractivity contribution in [2.75, 3.05) is 5.32 Å². The summed E-state index contributed by atoms with van der Waals surface area (Å²) in [6.45, 7) is 3.36. The van der Waals surface area contributed by atoms with E-state index in [0.29, 0.717) is 23.5 Å². The van der Waals surface area contributed by atoms with Gasteiger partial charge in [0.2, 0.25) is 17.7 Å². The number of para-hydroxylation sites is 1. The highest BCUT2D eigenvalue weighted by Crippen LogP contribution is 2.39. The number of thiazole rings is 1. The highest BCUT2D eigenvalue weighted by atomic mass is 32.1. The zero-order valence-electron chi connectivity index (χ0n) is 18.7. The van der Waals surface area contributed by atoms with E-state index in [1.165, 1.54) is 18.3 Å². The number of fused-ring (bicyclic) bond motifs is 1. The second-order valence-electron chi connectivity index (χ2n) is 8.60. The Bertz CT molecular complexity index is 1060. The van der Waals surface area contributed by atoms with E-state index >= 15 is 0 Å². The average molecular weight is 470 g/mol. The molecule has 1 saturated heterocycles. The molecule has 2 aromatic rings. The summed E-state index contributed by atoms with van der Waals surface area (Å²) in [4.78, 5) is 55.7. The van der Waals surface area contributed by atoms with E-state index in [-0.39, 0.29) is 42.6 Å². The molecular formula is C24H27N3O5S. The van der Waals surface area contributed by atoms with Crippen LogP contribution in [0.25, 0.3) is 0 Å². The molecule has 9 heteroatoms. The smallest absolute Gasteiger partial charge is 0.329 e. The third-order valence-electron chi connectivity index (χ3n) is 6.30. The quantitative estimate of drug-likeness (QED) is 0.493. The van der Waals surface area contributed by atoms with Crippen molar-refractivity contribution in [3.05, 3.63) is 45.9 Å². The van der Waals surface area contributed by atoms with Crippen LogP contribution in [0.4, 0.5) is 5.69 Å². The first-order valence-electron chi connectivity index (χ1n) is 11.2. The highest BCUT2D eigenvalue weighted by molar-refractivity contribution is 7.09. The number of amides is 3. The standard InChI is InChI=1S/C24H27N3O5S/c1-14-7-3-6-10-19(14)26-20(28)11-21-25-16(13-33-21)12-32-24(31)15(2)27-22(29)17-8-4-5-9-18(17)23(27)30/h3,6-7,10,13,15,17-18H,4-5,8-9,11-12H2,1-2H3,(H,26,28)/t15-,17?,18?/m0/s1. The van der Waals surface area contributed by atoms with Crippen LogP contribution >= 0.6 is 11.3 Å². The van der Waals surface area contributed by atoms with Gasteiger partial charge in [-0.2, -0.15) is 0 Å². The summed E-state index contributed by atoms with van der Waals surface area (Å²) < 4.78 is 5.34. The zero-order chi connectivity index (χ0) is 23.5. The van der Waals surface area contributed by atoms with Crippen molar-refractivity contribution >= 4 is 40.7 Å². The first kappa shape index (κ1) is 23.1. The van der Waals surface area contributed by atoms with Crippen molar-refractivity contribution in [2.45, 2.75) is 58.6 Å². The fourth-order valence-corrected chi connectivity index (χ4v) is 5.26. The number of nitrogens with zero attached hydrogens (tertiary/aromatic N) is 2. The Morgan fingerprint density at radius 1 is 1.18 bits per heavy atom. The molecule has 1 aromatic carbocycles. The van der Waals surface area contributed by atoms with Crippen molar-refractivity contribution in [3.63, 3.8) is 0 Å². The summed E-state index contributed by atoms with van der Waals surface area (Å²) in [5, 5.41) is 5.20. The lowest BCUT2D eigenvalue weighted by Crippen LogP contribution is -2.44. The van der Waals surface area contributed by atoms with Crippen LogP contribution in [0.5, 0.6) is 0 Å². The van der Waals surface area contributed by atoms with Crippen LogP contribution < -0.4 is 5.32 Å². The monoisotopic (exact) mass is 469 g/mol. The van der Waals surface area contributed by atoms with Crippen LogP contribution in [0.3, 0.4) is 0 Å². The molecule has 1 aliphatic heterocycles. The molecule has 0 radical (unpaired) electrons. The van der Waals surface area contributed by atoms with Crippen LogP contribution in [-0.2, 0) is 36.9 Å². The molecule has 3 amide bonds. The molecule has 1 N–H and O–H groups in total. The number of hydrogen-bond acceptors (Lipinski definition) is 7. The minimum atomic E-state index is -0.964. The number of aryl methyl sites for hydroxylation is 1. The molecule has 2 unspecified atom stereocenters. The van der Waals surface area contributed by atoms with Crippen LogP contribution in [0.2, 0.25) is 0 Å². The largest absolute Gasteiger partial charge is 0.458 e. The Hall–Kier alpha value is -3.07. The highest BCUT2D eigenvalue weighted by Gasteiger charge is 2.51. The van der Waals surface area contributed by atoms with Crippen LogP contribution in [0.15, 0.2) is 29.6 Å². The number of aromatic nitrogens is 1. The molecule has 0 bridgehead atoms. The van der Waals surface area contributed by atoms with E-state index in [0.717, 1.165) is 29.0 Å². The minimum absolute atomic E-state index is 0.0812. The van der Waals surface area contributed by atoms with Crippen molar-refractivity contribution in [3.8, 4) is 0 Å². The van der Waals surface area contributed by atoms with Crippen molar-refractivity contribution in [2.24, 2.45) is 11.8 Å². The number of nitrogens with one attached hydrogen (secondary N) is 1. The summed E-state index contributed by atoms with van der Waals surface area (Å²) in [5.41, 5.74) is 2.25. The average Bonchev–Trinajstić information content (AvgIpc) is 3.35. The first-order valence-corrected chi connectivity index (χ1v) is 12.1. The van der Waals surface area contributed by atoms with Crippen LogP contribution in [0.1, 0.15) is 48.9 Å². The molecule has 2 heterocycles. The number of carbonyl (C=O) groups is 4. The maximum absolute atomic E-state index is 12.7. The van der Waals surface area contributed by atoms with Crippen molar-refractivity contribution in [1.29, 1.82) is 0 Å². The third kappa shape index (κ3) is 4.98. The summed E-state index contributed by atoms with van der Waals surface area (Å²) in [6, 6.07) is 6.56. The summed E-state index contributed by atoms with van der Waals surface area (Å²) >= 11 is 1.31. The second kappa shape index (κ2) is 9.82. The second-order valence-corrected chi connectivity index (χ2v) is 9.54. The van der Waals surface area contributed by atoms with Gasteiger partial charge in [-0.1, -0.05) is 31.0 Å². The van der Waals surface area contributed by atoms with Gasteiger partial charge in [0.1, 0.15) is 17.7 Å². The van der Waals surface area contributed by atoms with Gasteiger partial charge in [-0.3, -0.25) is 19.3 Å². The zero-order valence-corrected chi connectivity index (χ0v) is 19.5. The van der Waals surface area contributed by atoms with Gasteiger partial charge >= 0.3 is 5.97 Å². The lowest BCUT2D eigenvalue weighted by atomic mass is 9.81. The van der Waals surface area contributed by atoms with E-state index in [1.807, 2.05) is 31.2 Å². The Kier molecular flexibility index (Phi) is 6.88. The van der Waals surface area contributed by atoms with Crippen molar-refractivity contribution < 1.29 is 23.9 Å². The molecule has 3 atom stereocenters. The molecule has 2 fully saturated rings. The van der Waals surface area contributed by atoms with E-state index in [2.05, 4.69) is 10.3 Å². The van der Waals surface area contributed by atoms with Gasteiger partial charge in [-0.05, 0) is 38.3 Å². The lowest BCUT2D eigenvalue weighted by molar-refractivity contribution is -0.159. The van der Waals surface area contributed by atoms with Gasteiger partial charge in [0.15, 0.2) is 0 Å². The Morgan fingerprint density at radius 2 is 1.85 bits per heavy atom. The lowest BCUT2D eigenvalue weighted by Gasteiger charge is -2.21. The number of rotatable bonds is 7. The Morgan fingerprint density at radius 3 is 2.52 bits per heavy atom. The van der Waals surface area contributed by atoms with Gasteiger partial charge in [0, 0.05) is 11.1 Å². The van der Waals surface area contributed by atoms with Gasteiger partial charge in [-0.25, -0.2) is 9.78 Å². The van der Waals surface area contributed by atoms with E-state index < -0.39 is 12.0 Å². The fraction of sp³-hybridized carbons (Fsp3) is 0.458. The minimum Gasteiger partial charge on any atom is -0.458 e. The van der Waals surface area contributed by atoms with E-state index in [9.17, 15) is 19.2 Å². The molecule has 1 saturated carbocycles. The van der Waals surface area contributed by atoms with E-state index in [4.69, 9.17) is 4.74 Å². The summed E-state index contributed by atoms with van der Waals surface area (Å²) in [7, 11) is 0. The van der Waals surface area contributed by atoms with E-state index in [1.54, 1.807) is 5.38 Å². The SMILES string of the molecule is Cc1ccccc1NC(=O)Cc1nc(COC(=O)[C@H](C)N2C(=O)C3CCCCC3C2=O)cs1. The number of hydrogen-bond donors (Lipinski definition) is 1. The molecular weight excluding hydrogens is 442 g/mol. The normalized spacial score (nSPS) is 21.0. The predicted octanol–water partition coefficient (Wildman–Crippen LogP) is 3.24. The molecule has 4 rings (SSSR count). The fourth-order valence-electron chi connectivity index (χ4n) is 4.48. The Labute approximate surface area is 196 Å². The number of esters is 1. The molecule has 2 aliphatic rings. The van der Waals surface area contributed by atoms with Gasteiger partial charge in [-0.15, -0.1) is 11.3 Å². The van der Waals surface area contributed by atoms with Crippen LogP contribution in [0, 0.1) is 18.8 Å². The predicted molar refractivity (Wildman–Crippen MR) is 122 cm³/mol. The summed E-state index contributed by atoms with van der Waals surface area (Å²) in [6.07, 6.45) is 3.38. The maximum Gasteiger partial charge on any atom is 0.329 e. The Balaban J connectivity index is 1.29. The molecule has 33 heavy (non-hydrogen) atoms. The third-order valence-corrected chi connectivity index (χ3v) is 7.19.